The lowest BCUT2D eigenvalue weighted by atomic mass is 9.79. The zero-order valence-electron chi connectivity index (χ0n) is 19.0. The molecule has 0 atom stereocenters. The summed E-state index contributed by atoms with van der Waals surface area (Å²) < 4.78 is 1.83. The van der Waals surface area contributed by atoms with Gasteiger partial charge in [-0.05, 0) is 58.6 Å². The fourth-order valence-electron chi connectivity index (χ4n) is 4.82. The van der Waals surface area contributed by atoms with Gasteiger partial charge in [-0.3, -0.25) is 4.68 Å². The lowest BCUT2D eigenvalue weighted by Crippen LogP contribution is -2.61. The van der Waals surface area contributed by atoms with Crippen molar-refractivity contribution < 1.29 is 0 Å². The first kappa shape index (κ1) is 21.0. The zero-order valence-corrected chi connectivity index (χ0v) is 19.8. The summed E-state index contributed by atoms with van der Waals surface area (Å²) in [4.78, 5) is 2.32. The molecule has 1 aliphatic rings. The van der Waals surface area contributed by atoms with E-state index >= 15 is 0 Å². The average molecular weight is 425 g/mol. The SMILES string of the molecule is Cc1cc(-c2cnn(C)c2)ccc1-c1nnc(N(C)C2CC(C)(C)NC(C)(C)C2)s1. The molecular weight excluding hydrogens is 392 g/mol. The Bertz CT molecular complexity index is 1030. The van der Waals surface area contributed by atoms with Crippen LogP contribution in [0.5, 0.6) is 0 Å². The number of nitrogens with zero attached hydrogens (tertiary/aromatic N) is 5. The molecule has 160 valence electrons. The predicted octanol–water partition coefficient (Wildman–Crippen LogP) is 4.66. The van der Waals surface area contributed by atoms with E-state index in [9.17, 15) is 0 Å². The molecule has 3 heterocycles. The normalized spacial score (nSPS) is 18.5. The third-order valence-electron chi connectivity index (χ3n) is 5.93. The number of hydrogen-bond donors (Lipinski definition) is 1. The first-order valence-electron chi connectivity index (χ1n) is 10.5. The van der Waals surface area contributed by atoms with Gasteiger partial charge in [0.2, 0.25) is 5.13 Å². The minimum absolute atomic E-state index is 0.104. The topological polar surface area (TPSA) is 58.9 Å². The monoisotopic (exact) mass is 424 g/mol. The van der Waals surface area contributed by atoms with Gasteiger partial charge in [-0.15, -0.1) is 10.2 Å². The Morgan fingerprint density at radius 2 is 1.80 bits per heavy atom. The van der Waals surface area contributed by atoms with Crippen molar-refractivity contribution in [2.24, 2.45) is 7.05 Å². The minimum Gasteiger partial charge on any atom is -0.347 e. The standard InChI is InChI=1S/C23H32N6S/c1-15-10-16(17-13-24-28(6)14-17)8-9-19(15)20-25-26-21(30-20)29(7)18-11-22(2,3)27-23(4,5)12-18/h8-10,13-14,18,27H,11-12H2,1-7H3. The largest absolute Gasteiger partial charge is 0.347 e. The lowest BCUT2D eigenvalue weighted by Gasteiger charge is -2.48. The van der Waals surface area contributed by atoms with Gasteiger partial charge in [0.05, 0.1) is 6.20 Å². The molecule has 0 saturated carbocycles. The highest BCUT2D eigenvalue weighted by atomic mass is 32.1. The fraction of sp³-hybridized carbons (Fsp3) is 0.522. The van der Waals surface area contributed by atoms with Crippen LogP contribution in [0.1, 0.15) is 46.1 Å². The van der Waals surface area contributed by atoms with Crippen LogP contribution in [0, 0.1) is 6.92 Å². The van der Waals surface area contributed by atoms with E-state index in [4.69, 9.17) is 0 Å². The second-order valence-corrected chi connectivity index (χ2v) is 10.8. The second kappa shape index (κ2) is 7.46. The van der Waals surface area contributed by atoms with Gasteiger partial charge in [-0.1, -0.05) is 29.5 Å². The van der Waals surface area contributed by atoms with E-state index in [2.05, 4.69) is 85.4 Å². The molecule has 30 heavy (non-hydrogen) atoms. The molecule has 1 N–H and O–H groups in total. The molecule has 0 radical (unpaired) electrons. The zero-order chi connectivity index (χ0) is 21.7. The molecule has 2 aromatic heterocycles. The Kier molecular flexibility index (Phi) is 5.22. The summed E-state index contributed by atoms with van der Waals surface area (Å²) in [5.74, 6) is 0. The van der Waals surface area contributed by atoms with E-state index in [0.29, 0.717) is 6.04 Å². The molecule has 0 bridgehead atoms. The van der Waals surface area contributed by atoms with Crippen LogP contribution in [0.15, 0.2) is 30.6 Å². The Morgan fingerprint density at radius 3 is 2.40 bits per heavy atom. The highest BCUT2D eigenvalue weighted by molar-refractivity contribution is 7.18. The van der Waals surface area contributed by atoms with Crippen molar-refractivity contribution in [3.8, 4) is 21.7 Å². The van der Waals surface area contributed by atoms with Crippen LogP contribution in [0.3, 0.4) is 0 Å². The number of benzene rings is 1. The van der Waals surface area contributed by atoms with E-state index in [1.165, 1.54) is 11.1 Å². The van der Waals surface area contributed by atoms with E-state index in [1.54, 1.807) is 11.3 Å². The second-order valence-electron chi connectivity index (χ2n) is 9.89. The van der Waals surface area contributed by atoms with Crippen molar-refractivity contribution in [3.05, 3.63) is 36.2 Å². The Balaban J connectivity index is 1.57. The van der Waals surface area contributed by atoms with Crippen LogP contribution < -0.4 is 10.2 Å². The van der Waals surface area contributed by atoms with Gasteiger partial charge in [0.1, 0.15) is 5.01 Å². The van der Waals surface area contributed by atoms with E-state index in [-0.39, 0.29) is 11.1 Å². The Hall–Kier alpha value is -2.25. The maximum Gasteiger partial charge on any atom is 0.208 e. The number of anilines is 1. The summed E-state index contributed by atoms with van der Waals surface area (Å²) in [6.07, 6.45) is 6.10. The van der Waals surface area contributed by atoms with Gasteiger partial charge in [-0.25, -0.2) is 0 Å². The number of aryl methyl sites for hydroxylation is 2. The molecule has 3 aromatic rings. The molecule has 1 aliphatic heterocycles. The van der Waals surface area contributed by atoms with Gasteiger partial charge in [0.25, 0.3) is 0 Å². The van der Waals surface area contributed by atoms with Crippen molar-refractivity contribution in [1.29, 1.82) is 0 Å². The molecule has 1 fully saturated rings. The van der Waals surface area contributed by atoms with Gasteiger partial charge in [0.15, 0.2) is 0 Å². The summed E-state index contributed by atoms with van der Waals surface area (Å²) >= 11 is 1.67. The molecule has 0 unspecified atom stereocenters. The van der Waals surface area contributed by atoms with E-state index in [0.717, 1.165) is 34.1 Å². The molecular formula is C23H32N6S. The third kappa shape index (κ3) is 4.27. The third-order valence-corrected chi connectivity index (χ3v) is 6.97. The quantitative estimate of drug-likeness (QED) is 0.660. The van der Waals surface area contributed by atoms with Crippen LogP contribution in [0.25, 0.3) is 21.7 Å². The van der Waals surface area contributed by atoms with E-state index < -0.39 is 0 Å². The smallest absolute Gasteiger partial charge is 0.208 e. The highest BCUT2D eigenvalue weighted by Gasteiger charge is 2.39. The van der Waals surface area contributed by atoms with Crippen LogP contribution in [-0.2, 0) is 7.05 Å². The number of piperidine rings is 1. The minimum atomic E-state index is 0.104. The number of rotatable bonds is 4. The summed E-state index contributed by atoms with van der Waals surface area (Å²) in [5.41, 5.74) is 4.85. The molecule has 6 nitrogen and oxygen atoms in total. The van der Waals surface area contributed by atoms with Crippen molar-refractivity contribution in [2.75, 3.05) is 11.9 Å². The number of nitrogens with one attached hydrogen (secondary N) is 1. The maximum absolute atomic E-state index is 4.55. The first-order valence-corrected chi connectivity index (χ1v) is 11.3. The Labute approximate surface area is 183 Å². The number of aromatic nitrogens is 4. The fourth-order valence-corrected chi connectivity index (χ4v) is 5.79. The van der Waals surface area contributed by atoms with Crippen LogP contribution in [-0.4, -0.2) is 44.1 Å². The predicted molar refractivity (Wildman–Crippen MR) is 125 cm³/mol. The molecule has 1 aromatic carbocycles. The molecule has 0 aliphatic carbocycles. The van der Waals surface area contributed by atoms with Gasteiger partial charge in [0, 0.05) is 48.5 Å². The van der Waals surface area contributed by atoms with Crippen LogP contribution in [0.4, 0.5) is 5.13 Å². The van der Waals surface area contributed by atoms with Crippen LogP contribution in [0.2, 0.25) is 0 Å². The molecule has 4 rings (SSSR count). The van der Waals surface area contributed by atoms with Crippen molar-refractivity contribution in [3.63, 3.8) is 0 Å². The Morgan fingerprint density at radius 1 is 1.10 bits per heavy atom. The number of hydrogen-bond acceptors (Lipinski definition) is 6. The average Bonchev–Trinajstić information content (AvgIpc) is 3.27. The maximum atomic E-state index is 4.55. The van der Waals surface area contributed by atoms with Crippen molar-refractivity contribution >= 4 is 16.5 Å². The summed E-state index contributed by atoms with van der Waals surface area (Å²) in [6, 6.07) is 6.93. The molecule has 0 spiro atoms. The van der Waals surface area contributed by atoms with Crippen LogP contribution >= 0.6 is 11.3 Å². The lowest BCUT2D eigenvalue weighted by molar-refractivity contribution is 0.161. The summed E-state index contributed by atoms with van der Waals surface area (Å²) in [6.45, 7) is 11.3. The van der Waals surface area contributed by atoms with Gasteiger partial charge in [-0.2, -0.15) is 5.10 Å². The van der Waals surface area contributed by atoms with Crippen molar-refractivity contribution in [1.82, 2.24) is 25.3 Å². The molecule has 7 heteroatoms. The molecule has 1 saturated heterocycles. The first-order chi connectivity index (χ1) is 14.0. The molecule has 0 amide bonds. The van der Waals surface area contributed by atoms with Crippen molar-refractivity contribution in [2.45, 2.75) is 64.6 Å². The summed E-state index contributed by atoms with van der Waals surface area (Å²) in [5, 5.41) is 19.1. The van der Waals surface area contributed by atoms with Gasteiger partial charge >= 0.3 is 0 Å². The van der Waals surface area contributed by atoms with Gasteiger partial charge < -0.3 is 10.2 Å². The van der Waals surface area contributed by atoms with E-state index in [1.807, 2.05) is 24.1 Å². The highest BCUT2D eigenvalue weighted by Crippen LogP contribution is 2.37. The summed E-state index contributed by atoms with van der Waals surface area (Å²) in [7, 11) is 4.10.